The Morgan fingerprint density at radius 3 is 2.27 bits per heavy atom. The molecule has 0 radical (unpaired) electrons. The van der Waals surface area contributed by atoms with E-state index < -0.39 is 10.0 Å². The van der Waals surface area contributed by atoms with Crippen LogP contribution in [0.25, 0.3) is 10.2 Å². The average molecular weight is 557 g/mol. The minimum Gasteiger partial charge on any atom is -0.309 e. The van der Waals surface area contributed by atoms with Crippen LogP contribution in [0.5, 0.6) is 0 Å². The molecule has 0 fully saturated rings. The first kappa shape index (κ1) is 27.1. The van der Waals surface area contributed by atoms with Gasteiger partial charge in [0, 0.05) is 22.8 Å². The third-order valence-electron chi connectivity index (χ3n) is 5.96. The zero-order valence-electron chi connectivity index (χ0n) is 21.2. The number of carbonyl (C=O) groups excluding carboxylic acids is 1. The molecule has 7 nitrogen and oxygen atoms in total. The van der Waals surface area contributed by atoms with E-state index in [0.29, 0.717) is 27.9 Å². The highest BCUT2D eigenvalue weighted by Gasteiger charge is 2.22. The summed E-state index contributed by atoms with van der Waals surface area (Å²) in [6, 6.07) is 16.5. The SMILES string of the molecule is Cc1cc2nc(N(CCCN(C)C)C(=O)c3ccc(NS(=O)(=O)c4ccc(Cl)cc4)cc3)sc2cc1C. The second-order valence-electron chi connectivity index (χ2n) is 9.15. The van der Waals surface area contributed by atoms with E-state index in [1.54, 1.807) is 29.2 Å². The molecule has 194 valence electrons. The van der Waals surface area contributed by atoms with Gasteiger partial charge in [-0.05, 0) is 113 Å². The molecule has 1 amide bonds. The Balaban J connectivity index is 1.58. The number of hydrogen-bond acceptors (Lipinski definition) is 6. The van der Waals surface area contributed by atoms with Crippen molar-refractivity contribution in [1.82, 2.24) is 9.88 Å². The summed E-state index contributed by atoms with van der Waals surface area (Å²) in [6.07, 6.45) is 0.783. The first-order valence-corrected chi connectivity index (χ1v) is 14.4. The molecule has 37 heavy (non-hydrogen) atoms. The summed E-state index contributed by atoms with van der Waals surface area (Å²) in [5.74, 6) is -0.182. The van der Waals surface area contributed by atoms with Crippen molar-refractivity contribution < 1.29 is 13.2 Å². The fourth-order valence-corrected chi connectivity index (χ4v) is 6.03. The van der Waals surface area contributed by atoms with Gasteiger partial charge >= 0.3 is 0 Å². The van der Waals surface area contributed by atoms with Crippen molar-refractivity contribution in [3.63, 3.8) is 0 Å². The van der Waals surface area contributed by atoms with Crippen LogP contribution in [-0.2, 0) is 10.0 Å². The number of rotatable bonds is 9. The van der Waals surface area contributed by atoms with Crippen LogP contribution in [0.2, 0.25) is 5.02 Å². The van der Waals surface area contributed by atoms with E-state index in [1.807, 2.05) is 14.1 Å². The molecule has 4 rings (SSSR count). The van der Waals surface area contributed by atoms with Crippen molar-refractivity contribution in [2.24, 2.45) is 0 Å². The molecule has 0 bridgehead atoms. The van der Waals surface area contributed by atoms with Crippen molar-refractivity contribution in [2.75, 3.05) is 36.8 Å². The predicted molar refractivity (Wildman–Crippen MR) is 153 cm³/mol. The van der Waals surface area contributed by atoms with Gasteiger partial charge in [0.1, 0.15) is 0 Å². The first-order chi connectivity index (χ1) is 17.5. The second-order valence-corrected chi connectivity index (χ2v) is 12.3. The third-order valence-corrected chi connectivity index (χ3v) is 8.65. The summed E-state index contributed by atoms with van der Waals surface area (Å²) < 4.78 is 29.0. The molecule has 10 heteroatoms. The molecular formula is C27H29ClN4O3S2. The van der Waals surface area contributed by atoms with Crippen LogP contribution >= 0.6 is 22.9 Å². The number of amides is 1. The number of carbonyl (C=O) groups is 1. The van der Waals surface area contributed by atoms with Crippen LogP contribution in [0.3, 0.4) is 0 Å². The van der Waals surface area contributed by atoms with Crippen molar-refractivity contribution in [3.8, 4) is 0 Å². The molecule has 0 aliphatic rings. The van der Waals surface area contributed by atoms with E-state index in [1.165, 1.54) is 41.2 Å². The number of thiazole rings is 1. The van der Waals surface area contributed by atoms with Gasteiger partial charge in [0.05, 0.1) is 15.1 Å². The monoisotopic (exact) mass is 556 g/mol. The molecule has 4 aromatic rings. The number of nitrogens with zero attached hydrogens (tertiary/aromatic N) is 3. The Labute approximate surface area is 226 Å². The maximum atomic E-state index is 13.6. The molecule has 1 heterocycles. The fourth-order valence-electron chi connectivity index (χ4n) is 3.78. The quantitative estimate of drug-likeness (QED) is 0.275. The van der Waals surface area contributed by atoms with Gasteiger partial charge in [0.25, 0.3) is 15.9 Å². The maximum absolute atomic E-state index is 13.6. The number of halogens is 1. The van der Waals surface area contributed by atoms with E-state index in [-0.39, 0.29) is 10.8 Å². The lowest BCUT2D eigenvalue weighted by atomic mass is 10.1. The number of benzene rings is 3. The van der Waals surface area contributed by atoms with Gasteiger partial charge in [-0.15, -0.1) is 0 Å². The van der Waals surface area contributed by atoms with Gasteiger partial charge in [-0.1, -0.05) is 22.9 Å². The molecule has 1 aromatic heterocycles. The minimum absolute atomic E-state index is 0.102. The van der Waals surface area contributed by atoms with Crippen LogP contribution in [0.1, 0.15) is 27.9 Å². The Hall–Kier alpha value is -2.98. The lowest BCUT2D eigenvalue weighted by Crippen LogP contribution is -2.33. The topological polar surface area (TPSA) is 82.6 Å². The summed E-state index contributed by atoms with van der Waals surface area (Å²) in [7, 11) is 0.217. The van der Waals surface area contributed by atoms with Gasteiger partial charge < -0.3 is 4.90 Å². The molecule has 0 saturated heterocycles. The Kier molecular flexibility index (Phi) is 8.18. The summed E-state index contributed by atoms with van der Waals surface area (Å²) in [6.45, 7) is 5.46. The number of aromatic nitrogens is 1. The normalized spacial score (nSPS) is 11.7. The zero-order chi connectivity index (χ0) is 26.7. The molecule has 0 spiro atoms. The Morgan fingerprint density at radius 2 is 1.62 bits per heavy atom. The number of fused-ring (bicyclic) bond motifs is 1. The zero-order valence-corrected chi connectivity index (χ0v) is 23.5. The molecule has 0 aliphatic heterocycles. The summed E-state index contributed by atoms with van der Waals surface area (Å²) >= 11 is 7.36. The van der Waals surface area contributed by atoms with Crippen LogP contribution in [0.4, 0.5) is 10.8 Å². The average Bonchev–Trinajstić information content (AvgIpc) is 3.24. The summed E-state index contributed by atoms with van der Waals surface area (Å²) in [5.41, 5.74) is 4.03. The number of hydrogen-bond donors (Lipinski definition) is 1. The van der Waals surface area contributed by atoms with Crippen molar-refractivity contribution in [3.05, 3.63) is 82.4 Å². The highest BCUT2D eigenvalue weighted by atomic mass is 35.5. The van der Waals surface area contributed by atoms with Gasteiger partial charge in [-0.2, -0.15) is 0 Å². The first-order valence-electron chi connectivity index (χ1n) is 11.8. The molecule has 0 unspecified atom stereocenters. The highest BCUT2D eigenvalue weighted by Crippen LogP contribution is 2.32. The molecule has 3 aromatic carbocycles. The highest BCUT2D eigenvalue weighted by molar-refractivity contribution is 7.92. The van der Waals surface area contributed by atoms with Crippen LogP contribution < -0.4 is 9.62 Å². The van der Waals surface area contributed by atoms with E-state index in [9.17, 15) is 13.2 Å². The number of aryl methyl sites for hydroxylation is 2. The van der Waals surface area contributed by atoms with E-state index in [4.69, 9.17) is 16.6 Å². The standard InChI is InChI=1S/C27H29ClN4O3S2/c1-18-16-24-25(17-19(18)2)36-27(29-24)32(15-5-14-31(3)4)26(33)20-6-10-22(11-7-20)30-37(34,35)23-12-8-21(28)9-13-23/h6-13,16-17,30H,5,14-15H2,1-4H3. The minimum atomic E-state index is -3.78. The molecule has 1 N–H and O–H groups in total. The number of nitrogens with one attached hydrogen (secondary N) is 1. The van der Waals surface area contributed by atoms with Crippen LogP contribution in [-0.4, -0.2) is 51.4 Å². The van der Waals surface area contributed by atoms with Gasteiger partial charge in [0.15, 0.2) is 5.13 Å². The molecule has 0 aliphatic carbocycles. The van der Waals surface area contributed by atoms with E-state index in [0.717, 1.165) is 28.7 Å². The van der Waals surface area contributed by atoms with Crippen molar-refractivity contribution in [2.45, 2.75) is 25.2 Å². The largest absolute Gasteiger partial charge is 0.309 e. The summed E-state index contributed by atoms with van der Waals surface area (Å²) in [5, 5.41) is 1.10. The molecular weight excluding hydrogens is 528 g/mol. The van der Waals surface area contributed by atoms with E-state index >= 15 is 0 Å². The van der Waals surface area contributed by atoms with Crippen LogP contribution in [0.15, 0.2) is 65.6 Å². The predicted octanol–water partition coefficient (Wildman–Crippen LogP) is 5.97. The number of sulfonamides is 1. The van der Waals surface area contributed by atoms with Crippen molar-refractivity contribution >= 4 is 59.9 Å². The Morgan fingerprint density at radius 1 is 0.973 bits per heavy atom. The van der Waals surface area contributed by atoms with Gasteiger partial charge in [-0.25, -0.2) is 13.4 Å². The fraction of sp³-hybridized carbons (Fsp3) is 0.259. The lowest BCUT2D eigenvalue weighted by Gasteiger charge is -2.21. The van der Waals surface area contributed by atoms with Crippen molar-refractivity contribution in [1.29, 1.82) is 0 Å². The molecule has 0 atom stereocenters. The maximum Gasteiger partial charge on any atom is 0.261 e. The lowest BCUT2D eigenvalue weighted by molar-refractivity contribution is 0.0986. The van der Waals surface area contributed by atoms with Crippen LogP contribution in [0, 0.1) is 13.8 Å². The number of anilines is 2. The molecule has 0 saturated carbocycles. The second kappa shape index (κ2) is 11.2. The Bertz CT molecular complexity index is 1480. The smallest absolute Gasteiger partial charge is 0.261 e. The third kappa shape index (κ3) is 6.48. The van der Waals surface area contributed by atoms with Gasteiger partial charge in [-0.3, -0.25) is 14.4 Å². The summed E-state index contributed by atoms with van der Waals surface area (Å²) in [4.78, 5) is 22.3. The van der Waals surface area contributed by atoms with Gasteiger partial charge in [0.2, 0.25) is 0 Å². The van der Waals surface area contributed by atoms with E-state index in [2.05, 4.69) is 35.6 Å².